The average Bonchev–Trinajstić information content (AvgIpc) is 2.95. The van der Waals surface area contributed by atoms with E-state index in [0.717, 1.165) is 0 Å². The minimum atomic E-state index is -1.08. The van der Waals surface area contributed by atoms with E-state index in [4.69, 9.17) is 4.74 Å². The van der Waals surface area contributed by atoms with Crippen LogP contribution in [0.2, 0.25) is 0 Å². The summed E-state index contributed by atoms with van der Waals surface area (Å²) >= 11 is 0. The van der Waals surface area contributed by atoms with Gasteiger partial charge in [-0.15, -0.1) is 0 Å². The van der Waals surface area contributed by atoms with Crippen LogP contribution in [0.25, 0.3) is 0 Å². The van der Waals surface area contributed by atoms with Gasteiger partial charge in [-0.3, -0.25) is 0 Å². The molecule has 1 N–H and O–H groups in total. The Morgan fingerprint density at radius 3 is 1.96 bits per heavy atom. The molecule has 0 saturated carbocycles. The molecule has 0 aromatic heterocycles. The maximum absolute atomic E-state index is 11.1. The smallest absolute Gasteiger partial charge is 0.217 e. The summed E-state index contributed by atoms with van der Waals surface area (Å²) in [6.07, 6.45) is 0.589. The van der Waals surface area contributed by atoms with E-state index in [0.29, 0.717) is 18.7 Å². The van der Waals surface area contributed by atoms with Gasteiger partial charge in [0, 0.05) is 6.16 Å². The fourth-order valence-corrected chi connectivity index (χ4v) is 5.26. The molecule has 126 valence electrons. The van der Waals surface area contributed by atoms with Crippen LogP contribution >= 0.6 is 7.92 Å². The second-order valence-electron chi connectivity index (χ2n) is 7.05. The third-order valence-corrected chi connectivity index (χ3v) is 6.80. The van der Waals surface area contributed by atoms with Crippen molar-refractivity contribution in [3.63, 3.8) is 0 Å². The first-order chi connectivity index (χ1) is 11.4. The highest BCUT2D eigenvalue weighted by Gasteiger charge is 2.39. The fourth-order valence-electron chi connectivity index (χ4n) is 2.78. The molecule has 0 amide bonds. The first-order valence-corrected chi connectivity index (χ1v) is 9.73. The van der Waals surface area contributed by atoms with Gasteiger partial charge in [0.25, 0.3) is 0 Å². The van der Waals surface area contributed by atoms with E-state index < -0.39 is 13.5 Å². The molecule has 0 radical (unpaired) electrons. The number of aliphatic imine (C=N–C) groups is 1. The lowest BCUT2D eigenvalue weighted by Crippen LogP contribution is -2.40. The molecule has 1 heterocycles. The number of ether oxygens (including phenoxy) is 1. The predicted molar refractivity (Wildman–Crippen MR) is 102 cm³/mol. The number of hydrogen-bond donors (Lipinski definition) is 1. The van der Waals surface area contributed by atoms with Gasteiger partial charge in [-0.25, -0.2) is 4.99 Å². The zero-order chi connectivity index (χ0) is 17.2. The molecule has 3 rings (SSSR count). The standard InChI is InChI=1S/C20H24NO2P/c1-19(2)14-23-18(21-19)20(3,22)15-24(16-10-6-4-7-11-16)17-12-8-5-9-13-17/h4-13,22H,14-15H2,1-3H3. The molecule has 0 saturated heterocycles. The molecule has 2 aromatic carbocycles. The SMILES string of the molecule is CC1(C)COC(C(C)(O)CP(c2ccccc2)c2ccccc2)=N1. The van der Waals surface area contributed by atoms with Crippen molar-refractivity contribution < 1.29 is 9.84 Å². The Labute approximate surface area is 145 Å². The Kier molecular flexibility index (Phi) is 4.76. The van der Waals surface area contributed by atoms with Crippen LogP contribution in [0.15, 0.2) is 65.7 Å². The Bertz CT molecular complexity index is 671. The van der Waals surface area contributed by atoms with Crippen LogP contribution < -0.4 is 10.6 Å². The second kappa shape index (κ2) is 6.66. The van der Waals surface area contributed by atoms with Crippen LogP contribution in [-0.2, 0) is 4.74 Å². The molecule has 0 fully saturated rings. The molecule has 1 atom stereocenters. The van der Waals surface area contributed by atoms with Crippen LogP contribution in [0.5, 0.6) is 0 Å². The van der Waals surface area contributed by atoms with Gasteiger partial charge >= 0.3 is 0 Å². The van der Waals surface area contributed by atoms with E-state index in [1.54, 1.807) is 0 Å². The van der Waals surface area contributed by atoms with Crippen molar-refractivity contribution in [3.8, 4) is 0 Å². The van der Waals surface area contributed by atoms with E-state index in [-0.39, 0.29) is 5.54 Å². The van der Waals surface area contributed by atoms with Crippen molar-refractivity contribution in [1.29, 1.82) is 0 Å². The van der Waals surface area contributed by atoms with Crippen molar-refractivity contribution in [3.05, 3.63) is 60.7 Å². The molecule has 0 aliphatic carbocycles. The van der Waals surface area contributed by atoms with Gasteiger partial charge in [-0.1, -0.05) is 60.7 Å². The molecule has 1 aliphatic rings. The number of aliphatic hydroxyl groups is 1. The highest BCUT2D eigenvalue weighted by Crippen LogP contribution is 2.38. The topological polar surface area (TPSA) is 41.8 Å². The van der Waals surface area contributed by atoms with Crippen molar-refractivity contribution in [2.75, 3.05) is 12.8 Å². The lowest BCUT2D eigenvalue weighted by molar-refractivity contribution is 0.123. The van der Waals surface area contributed by atoms with E-state index in [1.165, 1.54) is 10.6 Å². The van der Waals surface area contributed by atoms with Gasteiger partial charge < -0.3 is 9.84 Å². The highest BCUT2D eigenvalue weighted by atomic mass is 31.1. The summed E-state index contributed by atoms with van der Waals surface area (Å²) in [6, 6.07) is 20.8. The monoisotopic (exact) mass is 341 g/mol. The van der Waals surface area contributed by atoms with Gasteiger partial charge in [0.2, 0.25) is 5.90 Å². The molecular formula is C20H24NO2P. The van der Waals surface area contributed by atoms with Gasteiger partial charge in [0.05, 0.1) is 5.54 Å². The first kappa shape index (κ1) is 17.1. The van der Waals surface area contributed by atoms with E-state index >= 15 is 0 Å². The molecule has 4 heteroatoms. The van der Waals surface area contributed by atoms with Gasteiger partial charge in [-0.05, 0) is 39.3 Å². The number of rotatable bonds is 5. The second-order valence-corrected chi connectivity index (χ2v) is 9.25. The maximum Gasteiger partial charge on any atom is 0.217 e. The minimum absolute atomic E-state index is 0.262. The maximum atomic E-state index is 11.1. The molecule has 0 bridgehead atoms. The van der Waals surface area contributed by atoms with Crippen LogP contribution in [0.1, 0.15) is 20.8 Å². The summed E-state index contributed by atoms with van der Waals surface area (Å²) in [7, 11) is -0.697. The normalized spacial score (nSPS) is 18.8. The Morgan fingerprint density at radius 1 is 1.04 bits per heavy atom. The van der Waals surface area contributed by atoms with E-state index in [2.05, 4.69) is 53.5 Å². The largest absolute Gasteiger partial charge is 0.476 e. The quantitative estimate of drug-likeness (QED) is 0.849. The summed E-state index contributed by atoms with van der Waals surface area (Å²) in [6.45, 7) is 6.38. The summed E-state index contributed by atoms with van der Waals surface area (Å²) in [5, 5.41) is 13.6. The average molecular weight is 341 g/mol. The van der Waals surface area contributed by atoms with Crippen molar-refractivity contribution in [2.24, 2.45) is 4.99 Å². The van der Waals surface area contributed by atoms with Crippen LogP contribution in [0, 0.1) is 0 Å². The molecule has 1 unspecified atom stereocenters. The molecule has 2 aromatic rings. The number of benzene rings is 2. The molecule has 24 heavy (non-hydrogen) atoms. The highest BCUT2D eigenvalue weighted by molar-refractivity contribution is 7.73. The summed E-state index contributed by atoms with van der Waals surface area (Å²) in [5.41, 5.74) is -1.34. The fraction of sp³-hybridized carbons (Fsp3) is 0.350. The van der Waals surface area contributed by atoms with Crippen molar-refractivity contribution in [2.45, 2.75) is 31.9 Å². The van der Waals surface area contributed by atoms with Crippen molar-refractivity contribution in [1.82, 2.24) is 0 Å². The molecular weight excluding hydrogens is 317 g/mol. The summed E-state index contributed by atoms with van der Waals surface area (Å²) in [5.74, 6) is 0.465. The summed E-state index contributed by atoms with van der Waals surface area (Å²) < 4.78 is 5.72. The van der Waals surface area contributed by atoms with Crippen LogP contribution in [0.3, 0.4) is 0 Å². The molecule has 1 aliphatic heterocycles. The van der Waals surface area contributed by atoms with Crippen LogP contribution in [0.4, 0.5) is 0 Å². The number of hydrogen-bond acceptors (Lipinski definition) is 3. The Hall–Kier alpha value is -1.70. The predicted octanol–water partition coefficient (Wildman–Crippen LogP) is 3.08. The van der Waals surface area contributed by atoms with Crippen molar-refractivity contribution >= 4 is 24.4 Å². The molecule has 3 nitrogen and oxygen atoms in total. The Balaban J connectivity index is 1.93. The van der Waals surface area contributed by atoms with Crippen LogP contribution in [-0.4, -0.2) is 34.9 Å². The minimum Gasteiger partial charge on any atom is -0.476 e. The third-order valence-electron chi connectivity index (χ3n) is 4.03. The molecule has 0 spiro atoms. The van der Waals surface area contributed by atoms with Gasteiger partial charge in [0.15, 0.2) is 0 Å². The first-order valence-electron chi connectivity index (χ1n) is 8.21. The number of nitrogens with zero attached hydrogens (tertiary/aromatic N) is 1. The lowest BCUT2D eigenvalue weighted by atomic mass is 10.1. The summed E-state index contributed by atoms with van der Waals surface area (Å²) in [4.78, 5) is 4.59. The van der Waals surface area contributed by atoms with Gasteiger partial charge in [-0.2, -0.15) is 0 Å². The zero-order valence-corrected chi connectivity index (χ0v) is 15.3. The van der Waals surface area contributed by atoms with Gasteiger partial charge in [0.1, 0.15) is 12.2 Å². The lowest BCUT2D eigenvalue weighted by Gasteiger charge is -2.28. The van der Waals surface area contributed by atoms with E-state index in [1.807, 2.05) is 32.9 Å². The van der Waals surface area contributed by atoms with E-state index in [9.17, 15) is 5.11 Å². The Morgan fingerprint density at radius 2 is 1.54 bits per heavy atom. The zero-order valence-electron chi connectivity index (χ0n) is 14.4. The third kappa shape index (κ3) is 3.85.